The third-order valence-electron chi connectivity index (χ3n) is 5.60. The number of hydrogen-bond acceptors (Lipinski definition) is 5. The summed E-state index contributed by atoms with van der Waals surface area (Å²) in [5, 5.41) is 0.597. The molecule has 0 aliphatic rings. The van der Waals surface area contributed by atoms with Gasteiger partial charge in [-0.15, -0.1) is 6.58 Å². The molecule has 0 atom stereocenters. The molecule has 0 unspecified atom stereocenters. The highest BCUT2D eigenvalue weighted by Crippen LogP contribution is 2.28. The lowest BCUT2D eigenvalue weighted by Gasteiger charge is -2.15. The van der Waals surface area contributed by atoms with Crippen LogP contribution in [-0.2, 0) is 13.0 Å². The molecule has 0 spiro atoms. The highest BCUT2D eigenvalue weighted by molar-refractivity contribution is 5.79. The van der Waals surface area contributed by atoms with Crippen LogP contribution in [0.1, 0.15) is 12.0 Å². The summed E-state index contributed by atoms with van der Waals surface area (Å²) in [6.45, 7) is 4.67. The zero-order chi connectivity index (χ0) is 23.9. The maximum Gasteiger partial charge on any atom is 0.261 e. The van der Waals surface area contributed by atoms with Crippen LogP contribution >= 0.6 is 0 Å². The van der Waals surface area contributed by atoms with Gasteiger partial charge in [-0.3, -0.25) is 9.36 Å². The van der Waals surface area contributed by atoms with E-state index in [2.05, 4.69) is 6.58 Å². The normalized spacial score (nSPS) is 10.8. The number of fused-ring (bicyclic) bond motifs is 1. The Kier molecular flexibility index (Phi) is 7.28. The monoisotopic (exact) mass is 456 g/mol. The Morgan fingerprint density at radius 2 is 1.76 bits per heavy atom. The van der Waals surface area contributed by atoms with Crippen LogP contribution in [0.3, 0.4) is 0 Å². The van der Waals surface area contributed by atoms with Crippen LogP contribution in [0.2, 0.25) is 0 Å². The fourth-order valence-electron chi connectivity index (χ4n) is 3.87. The van der Waals surface area contributed by atoms with Crippen molar-refractivity contribution in [2.24, 2.45) is 0 Å². The number of ether oxygens (including phenoxy) is 3. The van der Waals surface area contributed by atoms with Crippen molar-refractivity contribution in [1.29, 1.82) is 0 Å². The Morgan fingerprint density at radius 1 is 0.971 bits per heavy atom. The topological polar surface area (TPSA) is 62.6 Å². The van der Waals surface area contributed by atoms with Gasteiger partial charge in [-0.1, -0.05) is 24.3 Å². The number of allylic oxidation sites excluding steroid dienone is 1. The molecule has 0 saturated heterocycles. The lowest BCUT2D eigenvalue weighted by atomic mass is 10.1. The highest BCUT2D eigenvalue weighted by Gasteiger charge is 2.13. The number of benzene rings is 3. The second-order valence-electron chi connectivity index (χ2n) is 7.82. The van der Waals surface area contributed by atoms with Crippen molar-refractivity contribution in [2.75, 3.05) is 20.8 Å². The van der Waals surface area contributed by atoms with Gasteiger partial charge >= 0.3 is 0 Å². The second kappa shape index (κ2) is 10.7. The molecule has 34 heavy (non-hydrogen) atoms. The fraction of sp³-hybridized carbons (Fsp3) is 0.214. The first-order valence-electron chi connectivity index (χ1n) is 11.2. The molecule has 1 heterocycles. The molecule has 0 aliphatic carbocycles. The summed E-state index contributed by atoms with van der Waals surface area (Å²) >= 11 is 0. The summed E-state index contributed by atoms with van der Waals surface area (Å²) in [6.07, 6.45) is 3.24. The highest BCUT2D eigenvalue weighted by atomic mass is 16.5. The van der Waals surface area contributed by atoms with E-state index in [1.165, 1.54) is 0 Å². The predicted octanol–water partition coefficient (Wildman–Crippen LogP) is 5.28. The number of para-hydroxylation sites is 1. The number of methoxy groups -OCH3 is 2. The van der Waals surface area contributed by atoms with Crippen LogP contribution in [0.25, 0.3) is 22.3 Å². The maximum atomic E-state index is 13.3. The van der Waals surface area contributed by atoms with Crippen LogP contribution in [0.15, 0.2) is 84.2 Å². The van der Waals surface area contributed by atoms with Crippen LogP contribution in [-0.4, -0.2) is 30.4 Å². The molecule has 0 N–H and O–H groups in total. The molecule has 0 radical (unpaired) electrons. The lowest BCUT2D eigenvalue weighted by Crippen LogP contribution is -2.24. The average molecular weight is 457 g/mol. The van der Waals surface area contributed by atoms with Gasteiger partial charge in [0, 0.05) is 12.1 Å². The molecule has 0 amide bonds. The van der Waals surface area contributed by atoms with Gasteiger partial charge in [-0.2, -0.15) is 0 Å². The molecule has 6 heteroatoms. The number of nitrogens with zero attached hydrogens (tertiary/aromatic N) is 2. The van der Waals surface area contributed by atoms with Crippen LogP contribution in [0.4, 0.5) is 0 Å². The zero-order valence-corrected chi connectivity index (χ0v) is 19.5. The van der Waals surface area contributed by atoms with E-state index in [4.69, 9.17) is 19.2 Å². The number of aromatic nitrogens is 2. The Bertz CT molecular complexity index is 1340. The van der Waals surface area contributed by atoms with Crippen molar-refractivity contribution in [3.05, 3.63) is 95.3 Å². The van der Waals surface area contributed by atoms with Crippen molar-refractivity contribution in [3.8, 4) is 28.6 Å². The molecule has 0 bridgehead atoms. The van der Waals surface area contributed by atoms with Gasteiger partial charge in [0.25, 0.3) is 5.56 Å². The smallest absolute Gasteiger partial charge is 0.261 e. The molecule has 1 aromatic heterocycles. The van der Waals surface area contributed by atoms with E-state index in [-0.39, 0.29) is 5.56 Å². The molecule has 4 rings (SSSR count). The van der Waals surface area contributed by atoms with E-state index in [0.717, 1.165) is 23.3 Å². The predicted molar refractivity (Wildman–Crippen MR) is 135 cm³/mol. The van der Waals surface area contributed by atoms with Crippen molar-refractivity contribution < 1.29 is 14.2 Å². The summed E-state index contributed by atoms with van der Waals surface area (Å²) in [4.78, 5) is 18.1. The molecule has 0 fully saturated rings. The van der Waals surface area contributed by atoms with E-state index in [0.29, 0.717) is 47.8 Å². The summed E-state index contributed by atoms with van der Waals surface area (Å²) in [6, 6.07) is 20.8. The molecule has 0 saturated carbocycles. The summed E-state index contributed by atoms with van der Waals surface area (Å²) < 4.78 is 18.4. The minimum Gasteiger partial charge on any atom is -0.497 e. The zero-order valence-electron chi connectivity index (χ0n) is 19.5. The largest absolute Gasteiger partial charge is 0.497 e. The Morgan fingerprint density at radius 3 is 2.50 bits per heavy atom. The standard InChI is InChI=1S/C28H28N2O4/c1-4-8-20-11-16-25(26(19-20)33-3)34-18-7-17-30-27(21-12-14-22(32-2)15-13-21)29-24-10-6-5-9-23(24)28(30)31/h4-6,9-16,19H,1,7-8,17-18H2,2-3H3. The van der Waals surface area contributed by atoms with Crippen molar-refractivity contribution >= 4 is 10.9 Å². The minimum atomic E-state index is -0.0669. The van der Waals surface area contributed by atoms with Gasteiger partial charge < -0.3 is 14.2 Å². The molecular formula is C28H28N2O4. The number of rotatable bonds is 10. The first-order valence-corrected chi connectivity index (χ1v) is 11.2. The molecule has 3 aromatic carbocycles. The first-order chi connectivity index (χ1) is 16.6. The van der Waals surface area contributed by atoms with E-state index >= 15 is 0 Å². The quantitative estimate of drug-likeness (QED) is 0.240. The minimum absolute atomic E-state index is 0.0669. The van der Waals surface area contributed by atoms with E-state index in [1.807, 2.05) is 72.8 Å². The third-order valence-corrected chi connectivity index (χ3v) is 5.60. The summed E-state index contributed by atoms with van der Waals surface area (Å²) in [5.41, 5.74) is 2.57. The summed E-state index contributed by atoms with van der Waals surface area (Å²) in [7, 11) is 3.25. The Hall–Kier alpha value is -4.06. The summed E-state index contributed by atoms with van der Waals surface area (Å²) in [5.74, 6) is 2.73. The van der Waals surface area contributed by atoms with Crippen molar-refractivity contribution in [3.63, 3.8) is 0 Å². The van der Waals surface area contributed by atoms with Crippen molar-refractivity contribution in [1.82, 2.24) is 9.55 Å². The molecular weight excluding hydrogens is 428 g/mol. The average Bonchev–Trinajstić information content (AvgIpc) is 2.88. The first kappa shape index (κ1) is 23.1. The van der Waals surface area contributed by atoms with E-state index < -0.39 is 0 Å². The SMILES string of the molecule is C=CCc1ccc(OCCCn2c(-c3ccc(OC)cc3)nc3ccccc3c2=O)c(OC)c1. The van der Waals surface area contributed by atoms with Gasteiger partial charge in [0.1, 0.15) is 11.6 Å². The van der Waals surface area contributed by atoms with Crippen LogP contribution in [0.5, 0.6) is 17.2 Å². The van der Waals surface area contributed by atoms with E-state index in [1.54, 1.807) is 18.8 Å². The van der Waals surface area contributed by atoms with Gasteiger partial charge in [0.15, 0.2) is 11.5 Å². The molecule has 6 nitrogen and oxygen atoms in total. The molecule has 174 valence electrons. The van der Waals surface area contributed by atoms with Crippen molar-refractivity contribution in [2.45, 2.75) is 19.4 Å². The van der Waals surface area contributed by atoms with Crippen LogP contribution in [0, 0.1) is 0 Å². The second-order valence-corrected chi connectivity index (χ2v) is 7.82. The lowest BCUT2D eigenvalue weighted by molar-refractivity contribution is 0.282. The number of hydrogen-bond donors (Lipinski definition) is 0. The Labute approximate surface area is 199 Å². The van der Waals surface area contributed by atoms with Gasteiger partial charge in [0.2, 0.25) is 0 Å². The van der Waals surface area contributed by atoms with E-state index in [9.17, 15) is 4.79 Å². The van der Waals surface area contributed by atoms with Gasteiger partial charge in [-0.25, -0.2) is 4.98 Å². The van der Waals surface area contributed by atoms with Gasteiger partial charge in [-0.05, 0) is 66.9 Å². The van der Waals surface area contributed by atoms with Crippen LogP contribution < -0.4 is 19.8 Å². The fourth-order valence-corrected chi connectivity index (χ4v) is 3.87. The molecule has 0 aliphatic heterocycles. The third kappa shape index (κ3) is 4.96. The molecule has 4 aromatic rings. The Balaban J connectivity index is 1.57. The van der Waals surface area contributed by atoms with Gasteiger partial charge in [0.05, 0.1) is 31.7 Å². The maximum absolute atomic E-state index is 13.3.